The normalized spacial score (nSPS) is 25.3. The average molecular weight is 1120 g/mol. The molecule has 2 aliphatic rings. The van der Waals surface area contributed by atoms with Crippen LogP contribution in [-0.4, -0.2) is 140 Å². The second-order valence-corrected chi connectivity index (χ2v) is 20.4. The molecule has 2 aliphatic heterocycles. The highest BCUT2D eigenvalue weighted by Gasteiger charge is 2.51. The van der Waals surface area contributed by atoms with Crippen LogP contribution < -0.4 is 5.32 Å². The zero-order valence-corrected chi connectivity index (χ0v) is 48.5. The van der Waals surface area contributed by atoms with Crippen LogP contribution in [0.5, 0.6) is 0 Å². The molecule has 0 bridgehead atoms. The van der Waals surface area contributed by atoms with E-state index in [-0.39, 0.29) is 18.9 Å². The van der Waals surface area contributed by atoms with Gasteiger partial charge < -0.3 is 65.1 Å². The van der Waals surface area contributed by atoms with Crippen LogP contribution in [0.3, 0.4) is 0 Å². The van der Waals surface area contributed by atoms with Crippen molar-refractivity contribution in [3.63, 3.8) is 0 Å². The predicted molar refractivity (Wildman–Crippen MR) is 322 cm³/mol. The number of rotatable bonds is 45. The van der Waals surface area contributed by atoms with Crippen LogP contribution in [-0.2, 0) is 23.7 Å². The average Bonchev–Trinajstić information content (AvgIpc) is 3.48. The van der Waals surface area contributed by atoms with E-state index in [1.165, 1.54) is 12.8 Å². The van der Waals surface area contributed by atoms with E-state index in [0.29, 0.717) is 12.8 Å². The quantitative estimate of drug-likeness (QED) is 0.0205. The van der Waals surface area contributed by atoms with Gasteiger partial charge in [0.2, 0.25) is 5.91 Å². The van der Waals surface area contributed by atoms with E-state index >= 15 is 0 Å². The van der Waals surface area contributed by atoms with Crippen molar-refractivity contribution < 1.29 is 64.6 Å². The van der Waals surface area contributed by atoms with Gasteiger partial charge in [-0.05, 0) is 103 Å². The topological polar surface area (TPSA) is 228 Å². The molecule has 2 heterocycles. The van der Waals surface area contributed by atoms with Gasteiger partial charge in [0.05, 0.1) is 32.0 Å². The van der Waals surface area contributed by atoms with Gasteiger partial charge in [-0.15, -0.1) is 0 Å². The van der Waals surface area contributed by atoms with Crippen molar-refractivity contribution in [1.82, 2.24) is 5.32 Å². The summed E-state index contributed by atoms with van der Waals surface area (Å²) in [5, 5.41) is 86.7. The monoisotopic (exact) mass is 1120 g/mol. The standard InChI is InChI=1S/C66H105NO13/c1-3-5-7-9-11-12-13-14-15-16-17-18-19-20-21-22-23-24-25-26-27-28-29-30-31-32-33-34-35-36-37-38-39-40-41-42-44-46-48-50-58(71)67-54(55(70)49-47-45-43-10-8-6-4-2)53-77-65-63(76)61(74)64(57(52-69)79-65)80-66-62(75)60(73)59(72)56(51-68)78-66/h5,7,11-12,14-15,17-18,20-21,23-24,26-27,29-30,32-33,35-36,38-39,41-42,54-57,59-66,68-70,72-76H,3-4,6,8-10,13,16,19,22,25,28,31,34,37,40,43-53H2,1-2H3,(H,67,71)/b7-5-,12-11-,15-14-,18-17-,21-20-,24-23-,27-26-,30-29-,33-32-,36-35-,39-38-,42-41-. The summed E-state index contributed by atoms with van der Waals surface area (Å²) in [5.41, 5.74) is 0. The molecule has 0 saturated carbocycles. The van der Waals surface area contributed by atoms with Crippen LogP contribution in [0.1, 0.15) is 168 Å². The fourth-order valence-electron chi connectivity index (χ4n) is 8.74. The van der Waals surface area contributed by atoms with E-state index in [4.69, 9.17) is 18.9 Å². The molecule has 0 spiro atoms. The fraction of sp³-hybridized carbons (Fsp3) is 0.621. The van der Waals surface area contributed by atoms with E-state index in [0.717, 1.165) is 122 Å². The number of hydrogen-bond donors (Lipinski definition) is 9. The third-order valence-electron chi connectivity index (χ3n) is 13.6. The Labute approximate surface area is 481 Å². The second-order valence-electron chi connectivity index (χ2n) is 20.4. The fourth-order valence-corrected chi connectivity index (χ4v) is 8.74. The maximum absolute atomic E-state index is 13.2. The first-order valence-corrected chi connectivity index (χ1v) is 30.1. The Morgan fingerprint density at radius 2 is 0.863 bits per heavy atom. The summed E-state index contributed by atoms with van der Waals surface area (Å²) in [6.07, 6.45) is 57.6. The van der Waals surface area contributed by atoms with Gasteiger partial charge in [-0.3, -0.25) is 4.79 Å². The highest BCUT2D eigenvalue weighted by atomic mass is 16.7. The molecular formula is C66H105NO13. The maximum atomic E-state index is 13.2. The van der Waals surface area contributed by atoms with Crippen LogP contribution in [0.25, 0.3) is 0 Å². The molecule has 80 heavy (non-hydrogen) atoms. The summed E-state index contributed by atoms with van der Waals surface area (Å²) >= 11 is 0. The lowest BCUT2D eigenvalue weighted by Crippen LogP contribution is -2.65. The Morgan fingerprint density at radius 3 is 1.30 bits per heavy atom. The maximum Gasteiger partial charge on any atom is 0.220 e. The van der Waals surface area contributed by atoms with Crippen molar-refractivity contribution in [1.29, 1.82) is 0 Å². The van der Waals surface area contributed by atoms with Crippen molar-refractivity contribution in [2.45, 2.75) is 242 Å². The number of aliphatic hydroxyl groups excluding tert-OH is 8. The third kappa shape index (κ3) is 34.3. The Kier molecular flexibility index (Phi) is 44.5. The summed E-state index contributed by atoms with van der Waals surface area (Å²) in [4.78, 5) is 13.2. The van der Waals surface area contributed by atoms with E-state index in [9.17, 15) is 45.6 Å². The van der Waals surface area contributed by atoms with Gasteiger partial charge in [0, 0.05) is 6.42 Å². The Balaban J connectivity index is 1.62. The van der Waals surface area contributed by atoms with Crippen LogP contribution in [0.15, 0.2) is 146 Å². The highest BCUT2D eigenvalue weighted by molar-refractivity contribution is 5.76. The van der Waals surface area contributed by atoms with Crippen LogP contribution >= 0.6 is 0 Å². The van der Waals surface area contributed by atoms with Crippen molar-refractivity contribution >= 4 is 5.91 Å². The number of ether oxygens (including phenoxy) is 4. The third-order valence-corrected chi connectivity index (χ3v) is 13.6. The van der Waals surface area contributed by atoms with Gasteiger partial charge in [0.15, 0.2) is 12.6 Å². The number of hydrogen-bond acceptors (Lipinski definition) is 13. The first-order chi connectivity index (χ1) is 39.1. The molecule has 12 atom stereocenters. The van der Waals surface area contributed by atoms with E-state index in [2.05, 4.69) is 165 Å². The summed E-state index contributed by atoms with van der Waals surface area (Å²) < 4.78 is 22.7. The number of nitrogens with one attached hydrogen (secondary N) is 1. The van der Waals surface area contributed by atoms with Gasteiger partial charge in [0.1, 0.15) is 48.8 Å². The van der Waals surface area contributed by atoms with Crippen LogP contribution in [0.4, 0.5) is 0 Å². The Morgan fingerprint density at radius 1 is 0.463 bits per heavy atom. The summed E-state index contributed by atoms with van der Waals surface area (Å²) in [6, 6.07) is -0.860. The van der Waals surface area contributed by atoms with Gasteiger partial charge in [-0.25, -0.2) is 0 Å². The lowest BCUT2D eigenvalue weighted by atomic mass is 9.97. The molecule has 452 valence electrons. The number of amides is 1. The van der Waals surface area contributed by atoms with E-state index in [1.807, 2.05) is 0 Å². The summed E-state index contributed by atoms with van der Waals surface area (Å²) in [5.74, 6) is -0.261. The Hall–Kier alpha value is -4.13. The molecule has 14 heteroatoms. The summed E-state index contributed by atoms with van der Waals surface area (Å²) in [7, 11) is 0. The smallest absolute Gasteiger partial charge is 0.220 e. The van der Waals surface area contributed by atoms with E-state index in [1.54, 1.807) is 0 Å². The molecule has 2 fully saturated rings. The minimum absolute atomic E-state index is 0.238. The molecule has 14 nitrogen and oxygen atoms in total. The van der Waals surface area contributed by atoms with Crippen molar-refractivity contribution in [2.75, 3.05) is 19.8 Å². The molecule has 2 saturated heterocycles. The molecule has 0 aromatic rings. The number of allylic oxidation sites excluding steroid dienone is 24. The van der Waals surface area contributed by atoms with Crippen molar-refractivity contribution in [3.8, 4) is 0 Å². The van der Waals surface area contributed by atoms with Crippen LogP contribution in [0, 0.1) is 0 Å². The lowest BCUT2D eigenvalue weighted by molar-refractivity contribution is -0.359. The van der Waals surface area contributed by atoms with Gasteiger partial charge >= 0.3 is 0 Å². The lowest BCUT2D eigenvalue weighted by Gasteiger charge is -2.46. The molecule has 0 aromatic carbocycles. The molecular weight excluding hydrogens is 1010 g/mol. The Bertz CT molecular complexity index is 1900. The number of carbonyl (C=O) groups excluding carboxylic acids is 1. The molecule has 9 N–H and O–H groups in total. The number of carbonyl (C=O) groups is 1. The molecule has 1 amide bonds. The zero-order chi connectivity index (χ0) is 58.1. The minimum atomic E-state index is -1.79. The first-order valence-electron chi connectivity index (χ1n) is 30.1. The second kappa shape index (κ2) is 49.5. The highest BCUT2D eigenvalue weighted by Crippen LogP contribution is 2.30. The molecule has 2 rings (SSSR count). The largest absolute Gasteiger partial charge is 0.394 e. The molecule has 0 aliphatic carbocycles. The zero-order valence-electron chi connectivity index (χ0n) is 48.5. The summed E-state index contributed by atoms with van der Waals surface area (Å²) in [6.45, 7) is 2.62. The van der Waals surface area contributed by atoms with Crippen molar-refractivity contribution in [2.24, 2.45) is 0 Å². The van der Waals surface area contributed by atoms with E-state index < -0.39 is 86.8 Å². The van der Waals surface area contributed by atoms with Crippen LogP contribution in [0.2, 0.25) is 0 Å². The molecule has 0 aromatic heterocycles. The first kappa shape index (κ1) is 72.0. The van der Waals surface area contributed by atoms with Gasteiger partial charge in [0.25, 0.3) is 0 Å². The molecule has 0 radical (unpaired) electrons. The molecule has 12 unspecified atom stereocenters. The number of aliphatic hydroxyl groups is 8. The SMILES string of the molecule is CC/C=C\C/C=C\C/C=C\C/C=C\C/C=C\C/C=C\C/C=C\C/C=C\C/C=C\C/C=C\C/C=C\C/C=C\CCCCC(=O)NC(COC1OC(CO)C(OC2OC(CO)C(O)C(O)C2O)C(O)C1O)C(O)CCCCCCCCC. The van der Waals surface area contributed by atoms with Gasteiger partial charge in [-0.2, -0.15) is 0 Å². The number of unbranched alkanes of at least 4 members (excludes halogenated alkanes) is 8. The van der Waals surface area contributed by atoms with Gasteiger partial charge in [-0.1, -0.05) is 205 Å². The minimum Gasteiger partial charge on any atom is -0.394 e. The predicted octanol–water partition coefficient (Wildman–Crippen LogP) is 10.5. The van der Waals surface area contributed by atoms with Crippen molar-refractivity contribution in [3.05, 3.63) is 146 Å².